The average molecular weight is 198 g/mol. The van der Waals surface area contributed by atoms with Crippen molar-refractivity contribution in [1.29, 1.82) is 0 Å². The SMILES string of the molecule is O=C(O)C1CC(O)(C2=CCCCO2)C1. The standard InChI is InChI=1S/C10H14O4/c11-9(12)7-5-10(13,6-7)8-3-1-2-4-14-8/h3,7,13H,1-2,4-6H2,(H,11,12). The fourth-order valence-corrected chi connectivity index (χ4v) is 2.01. The number of allylic oxidation sites excluding steroid dienone is 1. The Hall–Kier alpha value is -1.03. The van der Waals surface area contributed by atoms with Crippen LogP contribution in [0.1, 0.15) is 25.7 Å². The van der Waals surface area contributed by atoms with Gasteiger partial charge in [0.25, 0.3) is 0 Å². The molecule has 0 bridgehead atoms. The molecule has 0 atom stereocenters. The third kappa shape index (κ3) is 1.50. The van der Waals surface area contributed by atoms with Crippen molar-refractivity contribution in [2.24, 2.45) is 5.92 Å². The molecule has 1 aliphatic carbocycles. The molecule has 1 fully saturated rings. The summed E-state index contributed by atoms with van der Waals surface area (Å²) in [6.45, 7) is 0.631. The van der Waals surface area contributed by atoms with Crippen LogP contribution in [-0.4, -0.2) is 28.4 Å². The Morgan fingerprint density at radius 3 is 2.79 bits per heavy atom. The molecule has 0 amide bonds. The van der Waals surface area contributed by atoms with Gasteiger partial charge in [-0.3, -0.25) is 4.79 Å². The van der Waals surface area contributed by atoms with Crippen molar-refractivity contribution >= 4 is 5.97 Å². The summed E-state index contributed by atoms with van der Waals surface area (Å²) in [7, 11) is 0. The molecule has 2 rings (SSSR count). The Balaban J connectivity index is 1.99. The summed E-state index contributed by atoms with van der Waals surface area (Å²) in [5, 5.41) is 18.7. The fraction of sp³-hybridized carbons (Fsp3) is 0.700. The van der Waals surface area contributed by atoms with Crippen molar-refractivity contribution in [1.82, 2.24) is 0 Å². The van der Waals surface area contributed by atoms with E-state index in [4.69, 9.17) is 9.84 Å². The topological polar surface area (TPSA) is 66.8 Å². The number of hydrogen-bond donors (Lipinski definition) is 2. The van der Waals surface area contributed by atoms with E-state index in [1.807, 2.05) is 6.08 Å². The number of carboxylic acid groups (broad SMARTS) is 1. The highest BCUT2D eigenvalue weighted by Crippen LogP contribution is 2.44. The van der Waals surface area contributed by atoms with Gasteiger partial charge in [-0.1, -0.05) is 0 Å². The molecule has 0 radical (unpaired) electrons. The molecule has 4 nitrogen and oxygen atoms in total. The monoisotopic (exact) mass is 198 g/mol. The van der Waals surface area contributed by atoms with Crippen LogP contribution in [-0.2, 0) is 9.53 Å². The van der Waals surface area contributed by atoms with E-state index in [1.165, 1.54) is 0 Å². The Bertz CT molecular complexity index is 276. The molecule has 78 valence electrons. The Kier molecular flexibility index (Phi) is 2.23. The van der Waals surface area contributed by atoms with Crippen molar-refractivity contribution < 1.29 is 19.7 Å². The predicted molar refractivity (Wildman–Crippen MR) is 48.6 cm³/mol. The van der Waals surface area contributed by atoms with E-state index in [0.29, 0.717) is 12.4 Å². The lowest BCUT2D eigenvalue weighted by atomic mass is 9.69. The molecule has 0 unspecified atom stereocenters. The highest BCUT2D eigenvalue weighted by Gasteiger charge is 2.50. The molecule has 0 aromatic heterocycles. The van der Waals surface area contributed by atoms with Crippen molar-refractivity contribution in [3.05, 3.63) is 11.8 Å². The Morgan fingerprint density at radius 2 is 2.29 bits per heavy atom. The molecule has 0 aromatic rings. The molecule has 1 saturated carbocycles. The minimum absolute atomic E-state index is 0.286. The van der Waals surface area contributed by atoms with Crippen LogP contribution in [0.4, 0.5) is 0 Å². The van der Waals surface area contributed by atoms with Crippen molar-refractivity contribution in [3.63, 3.8) is 0 Å². The normalized spacial score (nSPS) is 36.6. The first kappa shape index (κ1) is 9.52. The van der Waals surface area contributed by atoms with Gasteiger partial charge in [0.15, 0.2) is 0 Å². The van der Waals surface area contributed by atoms with Gasteiger partial charge in [0.2, 0.25) is 0 Å². The van der Waals surface area contributed by atoms with Gasteiger partial charge in [-0.2, -0.15) is 0 Å². The molecular formula is C10H14O4. The van der Waals surface area contributed by atoms with Crippen LogP contribution < -0.4 is 0 Å². The lowest BCUT2D eigenvalue weighted by Gasteiger charge is -2.43. The van der Waals surface area contributed by atoms with Gasteiger partial charge in [0.05, 0.1) is 12.5 Å². The summed E-state index contributed by atoms with van der Waals surface area (Å²) >= 11 is 0. The van der Waals surface area contributed by atoms with Gasteiger partial charge in [0.1, 0.15) is 11.4 Å². The van der Waals surface area contributed by atoms with Crippen molar-refractivity contribution in [3.8, 4) is 0 Å². The molecule has 0 saturated heterocycles. The Labute approximate surface area is 82.2 Å². The third-order valence-corrected chi connectivity index (χ3v) is 2.91. The lowest BCUT2D eigenvalue weighted by molar-refractivity contribution is -0.158. The molecule has 2 N–H and O–H groups in total. The van der Waals surface area contributed by atoms with E-state index in [9.17, 15) is 9.90 Å². The van der Waals surface area contributed by atoms with E-state index < -0.39 is 17.5 Å². The van der Waals surface area contributed by atoms with Gasteiger partial charge in [-0.05, 0) is 31.8 Å². The minimum atomic E-state index is -0.997. The number of aliphatic hydroxyl groups is 1. The van der Waals surface area contributed by atoms with Crippen LogP contribution in [0.5, 0.6) is 0 Å². The molecule has 2 aliphatic rings. The summed E-state index contributed by atoms with van der Waals surface area (Å²) in [6.07, 6.45) is 4.33. The minimum Gasteiger partial charge on any atom is -0.495 e. The average Bonchev–Trinajstić information content (AvgIpc) is 2.14. The summed E-state index contributed by atoms with van der Waals surface area (Å²) in [4.78, 5) is 10.6. The number of hydrogen-bond acceptors (Lipinski definition) is 3. The summed E-state index contributed by atoms with van der Waals surface area (Å²) in [6, 6.07) is 0. The molecule has 4 heteroatoms. The third-order valence-electron chi connectivity index (χ3n) is 2.91. The number of ether oxygens (including phenoxy) is 1. The number of carboxylic acids is 1. The zero-order valence-electron chi connectivity index (χ0n) is 7.90. The van der Waals surface area contributed by atoms with Crippen LogP contribution >= 0.6 is 0 Å². The number of carbonyl (C=O) groups is 1. The smallest absolute Gasteiger partial charge is 0.306 e. The second kappa shape index (κ2) is 3.28. The zero-order chi connectivity index (χ0) is 10.2. The zero-order valence-corrected chi connectivity index (χ0v) is 7.90. The van der Waals surface area contributed by atoms with E-state index in [0.717, 1.165) is 12.8 Å². The van der Waals surface area contributed by atoms with Gasteiger partial charge in [-0.25, -0.2) is 0 Å². The Morgan fingerprint density at radius 1 is 1.57 bits per heavy atom. The number of rotatable bonds is 2. The second-order valence-electron chi connectivity index (χ2n) is 4.03. The second-order valence-corrected chi connectivity index (χ2v) is 4.03. The highest BCUT2D eigenvalue weighted by molar-refractivity contribution is 5.72. The maximum atomic E-state index is 10.6. The molecule has 1 heterocycles. The van der Waals surface area contributed by atoms with Gasteiger partial charge >= 0.3 is 5.97 Å². The van der Waals surface area contributed by atoms with Gasteiger partial charge in [-0.15, -0.1) is 0 Å². The van der Waals surface area contributed by atoms with Gasteiger partial charge in [0, 0.05) is 0 Å². The van der Waals surface area contributed by atoms with Gasteiger partial charge < -0.3 is 14.9 Å². The maximum Gasteiger partial charge on any atom is 0.306 e. The fourth-order valence-electron chi connectivity index (χ4n) is 2.01. The molecule has 0 spiro atoms. The molecule has 0 aromatic carbocycles. The van der Waals surface area contributed by atoms with Crippen LogP contribution in [0.2, 0.25) is 0 Å². The van der Waals surface area contributed by atoms with Crippen molar-refractivity contribution in [2.75, 3.05) is 6.61 Å². The van der Waals surface area contributed by atoms with Crippen LogP contribution in [0, 0.1) is 5.92 Å². The molecular weight excluding hydrogens is 184 g/mol. The quantitative estimate of drug-likeness (QED) is 0.692. The van der Waals surface area contributed by atoms with Crippen LogP contribution in [0.15, 0.2) is 11.8 Å². The number of aliphatic carboxylic acids is 1. The van der Waals surface area contributed by atoms with Crippen molar-refractivity contribution in [2.45, 2.75) is 31.3 Å². The van der Waals surface area contributed by atoms with E-state index >= 15 is 0 Å². The largest absolute Gasteiger partial charge is 0.495 e. The lowest BCUT2D eigenvalue weighted by Crippen LogP contribution is -2.49. The predicted octanol–water partition coefficient (Wildman–Crippen LogP) is 0.906. The van der Waals surface area contributed by atoms with E-state index in [-0.39, 0.29) is 12.8 Å². The molecule has 1 aliphatic heterocycles. The summed E-state index contributed by atoms with van der Waals surface area (Å²) < 4.78 is 5.33. The van der Waals surface area contributed by atoms with E-state index in [2.05, 4.69) is 0 Å². The first-order chi connectivity index (χ1) is 6.62. The first-order valence-corrected chi connectivity index (χ1v) is 4.90. The highest BCUT2D eigenvalue weighted by atomic mass is 16.5. The summed E-state index contributed by atoms with van der Waals surface area (Å²) in [5.41, 5.74) is -0.997. The van der Waals surface area contributed by atoms with Crippen LogP contribution in [0.3, 0.4) is 0 Å². The summed E-state index contributed by atoms with van der Waals surface area (Å²) in [5.74, 6) is -0.654. The van der Waals surface area contributed by atoms with Crippen LogP contribution in [0.25, 0.3) is 0 Å². The molecule has 14 heavy (non-hydrogen) atoms. The first-order valence-electron chi connectivity index (χ1n) is 4.90. The maximum absolute atomic E-state index is 10.6. The van der Waals surface area contributed by atoms with E-state index in [1.54, 1.807) is 0 Å².